The molecule has 0 N–H and O–H groups in total. The number of nitrogens with zero attached hydrogens (tertiary/aromatic N) is 4. The summed E-state index contributed by atoms with van der Waals surface area (Å²) >= 11 is 5.95. The van der Waals surface area contributed by atoms with E-state index in [0.717, 1.165) is 44.2 Å². The van der Waals surface area contributed by atoms with Crippen LogP contribution in [0.1, 0.15) is 13.3 Å². The minimum Gasteiger partial charge on any atom is -0.377 e. The molecule has 3 heterocycles. The third-order valence-electron chi connectivity index (χ3n) is 3.98. The van der Waals surface area contributed by atoms with Gasteiger partial charge in [0, 0.05) is 20.1 Å². The summed E-state index contributed by atoms with van der Waals surface area (Å²) in [6.45, 7) is 5.48. The first-order valence-corrected chi connectivity index (χ1v) is 6.63. The smallest absolute Gasteiger partial charge is 0.224 e. The standard InChI is InChI=1S/C12H17ClN4O/c1-3-12-7-16(2)9-6-14-11(13)15-10(9)17(12)4-5-18-8-12/h6H,3-5,7-8H2,1-2H3. The van der Waals surface area contributed by atoms with Gasteiger partial charge >= 0.3 is 0 Å². The highest BCUT2D eigenvalue weighted by Gasteiger charge is 2.44. The van der Waals surface area contributed by atoms with Gasteiger partial charge < -0.3 is 14.5 Å². The number of hydrogen-bond acceptors (Lipinski definition) is 5. The van der Waals surface area contributed by atoms with Crippen LogP contribution in [0.3, 0.4) is 0 Å². The summed E-state index contributed by atoms with van der Waals surface area (Å²) in [5.74, 6) is 0.939. The van der Waals surface area contributed by atoms with E-state index in [4.69, 9.17) is 16.3 Å². The molecule has 18 heavy (non-hydrogen) atoms. The number of ether oxygens (including phenoxy) is 1. The first kappa shape index (κ1) is 12.0. The molecule has 5 nitrogen and oxygen atoms in total. The van der Waals surface area contributed by atoms with Gasteiger partial charge in [0.2, 0.25) is 5.28 Å². The third kappa shape index (κ3) is 1.65. The summed E-state index contributed by atoms with van der Waals surface area (Å²) in [7, 11) is 2.07. The average molecular weight is 269 g/mol. The van der Waals surface area contributed by atoms with Crippen molar-refractivity contribution in [2.75, 3.05) is 43.2 Å². The lowest BCUT2D eigenvalue weighted by molar-refractivity contribution is 0.0482. The molecule has 0 aromatic carbocycles. The van der Waals surface area contributed by atoms with Gasteiger partial charge in [0.25, 0.3) is 0 Å². The van der Waals surface area contributed by atoms with Gasteiger partial charge in [-0.15, -0.1) is 0 Å². The molecule has 0 bridgehead atoms. The van der Waals surface area contributed by atoms with E-state index >= 15 is 0 Å². The van der Waals surface area contributed by atoms with Crippen molar-refractivity contribution in [2.24, 2.45) is 0 Å². The number of fused-ring (bicyclic) bond motifs is 3. The highest BCUT2D eigenvalue weighted by Crippen LogP contribution is 2.40. The molecule has 1 unspecified atom stereocenters. The van der Waals surface area contributed by atoms with E-state index < -0.39 is 0 Å². The van der Waals surface area contributed by atoms with Crippen LogP contribution >= 0.6 is 11.6 Å². The van der Waals surface area contributed by atoms with Crippen LogP contribution in [0.15, 0.2) is 6.20 Å². The molecule has 1 atom stereocenters. The second-order valence-corrected chi connectivity index (χ2v) is 5.32. The summed E-state index contributed by atoms with van der Waals surface area (Å²) in [4.78, 5) is 13.0. The van der Waals surface area contributed by atoms with Crippen molar-refractivity contribution in [1.29, 1.82) is 0 Å². The van der Waals surface area contributed by atoms with Gasteiger partial charge in [-0.25, -0.2) is 4.98 Å². The summed E-state index contributed by atoms with van der Waals surface area (Å²) in [5.41, 5.74) is 1.06. The van der Waals surface area contributed by atoms with Crippen molar-refractivity contribution in [1.82, 2.24) is 9.97 Å². The quantitative estimate of drug-likeness (QED) is 0.723. The van der Waals surface area contributed by atoms with Crippen LogP contribution in [0.5, 0.6) is 0 Å². The van der Waals surface area contributed by atoms with Crippen molar-refractivity contribution >= 4 is 23.1 Å². The Morgan fingerprint density at radius 3 is 3.17 bits per heavy atom. The van der Waals surface area contributed by atoms with Crippen LogP contribution in [0.2, 0.25) is 5.28 Å². The zero-order valence-corrected chi connectivity index (χ0v) is 11.4. The van der Waals surface area contributed by atoms with Gasteiger partial charge in [-0.3, -0.25) is 0 Å². The highest BCUT2D eigenvalue weighted by molar-refractivity contribution is 6.28. The Hall–Kier alpha value is -1.07. The Kier molecular flexibility index (Phi) is 2.83. The van der Waals surface area contributed by atoms with Gasteiger partial charge in [0.05, 0.1) is 30.6 Å². The maximum absolute atomic E-state index is 5.95. The molecule has 0 radical (unpaired) electrons. The molecular formula is C12H17ClN4O. The molecule has 0 saturated carbocycles. The largest absolute Gasteiger partial charge is 0.377 e. The number of likely N-dealkylation sites (N-methyl/N-ethyl adjacent to an activating group) is 1. The van der Waals surface area contributed by atoms with Gasteiger partial charge in [-0.1, -0.05) is 6.92 Å². The molecule has 1 saturated heterocycles. The lowest BCUT2D eigenvalue weighted by atomic mass is 9.90. The van der Waals surface area contributed by atoms with Crippen molar-refractivity contribution in [2.45, 2.75) is 18.9 Å². The van der Waals surface area contributed by atoms with Crippen molar-refractivity contribution in [3.8, 4) is 0 Å². The zero-order chi connectivity index (χ0) is 12.8. The van der Waals surface area contributed by atoms with Crippen LogP contribution in [0, 0.1) is 0 Å². The van der Waals surface area contributed by atoms with Gasteiger partial charge in [-0.2, -0.15) is 4.98 Å². The van der Waals surface area contributed by atoms with E-state index in [0.29, 0.717) is 5.28 Å². The van der Waals surface area contributed by atoms with Gasteiger partial charge in [0.1, 0.15) is 0 Å². The fourth-order valence-corrected chi connectivity index (χ4v) is 3.07. The molecule has 3 rings (SSSR count). The number of aromatic nitrogens is 2. The van der Waals surface area contributed by atoms with E-state index in [9.17, 15) is 0 Å². The Balaban J connectivity index is 2.11. The van der Waals surface area contributed by atoms with E-state index in [1.54, 1.807) is 6.20 Å². The topological polar surface area (TPSA) is 41.5 Å². The molecule has 2 aliphatic heterocycles. The normalized spacial score (nSPS) is 26.8. The zero-order valence-electron chi connectivity index (χ0n) is 10.7. The Labute approximate surface area is 112 Å². The van der Waals surface area contributed by atoms with E-state index in [2.05, 4.69) is 33.7 Å². The number of morpholine rings is 1. The highest BCUT2D eigenvalue weighted by atomic mass is 35.5. The predicted octanol–water partition coefficient (Wildman–Crippen LogP) is 1.57. The van der Waals surface area contributed by atoms with Crippen LogP contribution in [-0.2, 0) is 4.74 Å². The lowest BCUT2D eigenvalue weighted by Gasteiger charge is -2.53. The van der Waals surface area contributed by atoms with Crippen LogP contribution in [0.4, 0.5) is 11.5 Å². The first-order valence-electron chi connectivity index (χ1n) is 6.25. The lowest BCUT2D eigenvalue weighted by Crippen LogP contribution is -2.64. The van der Waals surface area contributed by atoms with Crippen LogP contribution in [0.25, 0.3) is 0 Å². The molecule has 0 amide bonds. The van der Waals surface area contributed by atoms with Crippen molar-refractivity contribution in [3.05, 3.63) is 11.5 Å². The molecular weight excluding hydrogens is 252 g/mol. The summed E-state index contributed by atoms with van der Waals surface area (Å²) in [5, 5.41) is 0.306. The van der Waals surface area contributed by atoms with Crippen LogP contribution < -0.4 is 9.80 Å². The van der Waals surface area contributed by atoms with Gasteiger partial charge in [-0.05, 0) is 18.0 Å². The Morgan fingerprint density at radius 2 is 2.39 bits per heavy atom. The molecule has 2 aliphatic rings. The second-order valence-electron chi connectivity index (χ2n) is 4.99. The minimum atomic E-state index is 0.0116. The molecule has 0 spiro atoms. The first-order chi connectivity index (χ1) is 8.66. The summed E-state index contributed by atoms with van der Waals surface area (Å²) < 4.78 is 5.68. The second kappa shape index (κ2) is 4.24. The summed E-state index contributed by atoms with van der Waals surface area (Å²) in [6, 6.07) is 0. The monoisotopic (exact) mass is 268 g/mol. The van der Waals surface area contributed by atoms with Gasteiger partial charge in [0.15, 0.2) is 5.82 Å². The maximum Gasteiger partial charge on any atom is 0.224 e. The number of rotatable bonds is 1. The molecule has 98 valence electrons. The molecule has 1 aromatic rings. The van der Waals surface area contributed by atoms with E-state index in [1.165, 1.54) is 0 Å². The summed E-state index contributed by atoms with van der Waals surface area (Å²) in [6.07, 6.45) is 2.83. The number of halogens is 1. The van der Waals surface area contributed by atoms with E-state index in [1.807, 2.05) is 0 Å². The predicted molar refractivity (Wildman–Crippen MR) is 71.5 cm³/mol. The van der Waals surface area contributed by atoms with Crippen LogP contribution in [-0.4, -0.2) is 48.9 Å². The fourth-order valence-electron chi connectivity index (χ4n) is 2.94. The minimum absolute atomic E-state index is 0.0116. The molecule has 0 aliphatic carbocycles. The van der Waals surface area contributed by atoms with E-state index in [-0.39, 0.29) is 5.54 Å². The molecule has 1 fully saturated rings. The Morgan fingerprint density at radius 1 is 1.56 bits per heavy atom. The van der Waals surface area contributed by atoms with Crippen molar-refractivity contribution in [3.63, 3.8) is 0 Å². The maximum atomic E-state index is 5.95. The Bertz CT molecular complexity index is 469. The SMILES string of the molecule is CCC12COCCN1c1nc(Cl)ncc1N(C)C2. The molecule has 1 aromatic heterocycles. The number of hydrogen-bond donors (Lipinski definition) is 0. The fraction of sp³-hybridized carbons (Fsp3) is 0.667. The van der Waals surface area contributed by atoms with Crippen molar-refractivity contribution < 1.29 is 4.74 Å². The molecule has 6 heteroatoms. The average Bonchev–Trinajstić information content (AvgIpc) is 2.38. The third-order valence-corrected chi connectivity index (χ3v) is 4.16. The number of anilines is 2.